The third-order valence-electron chi connectivity index (χ3n) is 2.76. The van der Waals surface area contributed by atoms with Crippen molar-refractivity contribution in [3.8, 4) is 0 Å². The summed E-state index contributed by atoms with van der Waals surface area (Å²) in [5.74, 6) is 0.381. The van der Waals surface area contributed by atoms with Gasteiger partial charge in [0.05, 0.1) is 0 Å². The summed E-state index contributed by atoms with van der Waals surface area (Å²) in [6.07, 6.45) is 0. The Balaban J connectivity index is 2.46. The molecule has 3 aromatic rings. The fourth-order valence-electron chi connectivity index (χ4n) is 1.94. The molecule has 0 fully saturated rings. The molecule has 0 aliphatic heterocycles. The molecule has 0 atom stereocenters. The Morgan fingerprint density at radius 1 is 1.06 bits per heavy atom. The van der Waals surface area contributed by atoms with Gasteiger partial charge < -0.3 is 4.42 Å². The molecule has 0 radical (unpaired) electrons. The predicted octanol–water partition coefficient (Wildman–Crippen LogP) is 3.79. The molecule has 0 N–H and O–H groups in total. The largest absolute Gasteiger partial charge is 0.452 e. The van der Waals surface area contributed by atoms with Crippen LogP contribution in [-0.2, 0) is 0 Å². The van der Waals surface area contributed by atoms with Crippen LogP contribution in [0.15, 0.2) is 46.9 Å². The van der Waals surface area contributed by atoms with E-state index in [2.05, 4.69) is 0 Å². The molecule has 1 aromatic heterocycles. The molecule has 0 saturated heterocycles. The molecule has 2 aromatic carbocycles. The fourth-order valence-corrected chi connectivity index (χ4v) is 1.94. The molecule has 0 amide bonds. The highest BCUT2D eigenvalue weighted by atomic mass is 16.3. The summed E-state index contributed by atoms with van der Waals surface area (Å²) in [7, 11) is 0. The van der Waals surface area contributed by atoms with Crippen molar-refractivity contribution < 1.29 is 9.21 Å². The zero-order chi connectivity index (χ0) is 11.1. The van der Waals surface area contributed by atoms with Gasteiger partial charge in [-0.3, -0.25) is 4.79 Å². The first kappa shape index (κ1) is 9.16. The molecule has 0 unspecified atom stereocenters. The molecule has 0 aliphatic carbocycles. The van der Waals surface area contributed by atoms with Crippen LogP contribution in [0.5, 0.6) is 0 Å². The van der Waals surface area contributed by atoms with Gasteiger partial charge in [0, 0.05) is 17.7 Å². The summed E-state index contributed by atoms with van der Waals surface area (Å²) >= 11 is 0. The number of hydrogen-bond donors (Lipinski definition) is 0. The van der Waals surface area contributed by atoms with E-state index >= 15 is 0 Å². The van der Waals surface area contributed by atoms with Crippen LogP contribution in [0.4, 0.5) is 0 Å². The van der Waals surface area contributed by atoms with Gasteiger partial charge in [0.15, 0.2) is 11.5 Å². The Hall–Kier alpha value is -2.09. The number of ketones is 1. The second-order valence-corrected chi connectivity index (χ2v) is 3.87. The maximum absolute atomic E-state index is 11.3. The molecular formula is C14H10O2. The SMILES string of the molecule is CC(=O)c1cc2ccc3ccccc3c2o1. The number of carbonyl (C=O) groups is 1. The minimum Gasteiger partial charge on any atom is -0.452 e. The van der Waals surface area contributed by atoms with Crippen molar-refractivity contribution in [1.29, 1.82) is 0 Å². The van der Waals surface area contributed by atoms with Crippen LogP contribution in [0.3, 0.4) is 0 Å². The zero-order valence-corrected chi connectivity index (χ0v) is 8.86. The van der Waals surface area contributed by atoms with Crippen LogP contribution in [0, 0.1) is 0 Å². The second-order valence-electron chi connectivity index (χ2n) is 3.87. The van der Waals surface area contributed by atoms with Crippen LogP contribution >= 0.6 is 0 Å². The van der Waals surface area contributed by atoms with Crippen molar-refractivity contribution in [3.05, 3.63) is 48.2 Å². The lowest BCUT2D eigenvalue weighted by molar-refractivity contribution is 0.0989. The highest BCUT2D eigenvalue weighted by Gasteiger charge is 2.09. The van der Waals surface area contributed by atoms with E-state index in [1.54, 1.807) is 6.07 Å². The van der Waals surface area contributed by atoms with E-state index in [4.69, 9.17) is 4.42 Å². The van der Waals surface area contributed by atoms with Crippen LogP contribution in [0.2, 0.25) is 0 Å². The molecule has 16 heavy (non-hydrogen) atoms. The Kier molecular flexibility index (Phi) is 1.83. The average Bonchev–Trinajstić information content (AvgIpc) is 2.73. The van der Waals surface area contributed by atoms with Crippen LogP contribution in [0.1, 0.15) is 17.5 Å². The first-order valence-corrected chi connectivity index (χ1v) is 5.18. The molecule has 78 valence electrons. The van der Waals surface area contributed by atoms with Gasteiger partial charge in [-0.1, -0.05) is 36.4 Å². The summed E-state index contributed by atoms with van der Waals surface area (Å²) in [4.78, 5) is 11.3. The molecule has 0 saturated carbocycles. The number of hydrogen-bond acceptors (Lipinski definition) is 2. The summed E-state index contributed by atoms with van der Waals surface area (Å²) < 4.78 is 5.59. The van der Waals surface area contributed by atoms with Gasteiger partial charge in [-0.15, -0.1) is 0 Å². The maximum Gasteiger partial charge on any atom is 0.194 e. The van der Waals surface area contributed by atoms with Crippen molar-refractivity contribution in [2.24, 2.45) is 0 Å². The van der Waals surface area contributed by atoms with E-state index in [0.29, 0.717) is 5.76 Å². The lowest BCUT2D eigenvalue weighted by Gasteiger charge is -1.96. The average molecular weight is 210 g/mol. The van der Waals surface area contributed by atoms with Crippen molar-refractivity contribution in [2.75, 3.05) is 0 Å². The first-order valence-electron chi connectivity index (χ1n) is 5.18. The minimum absolute atomic E-state index is 0.0414. The van der Waals surface area contributed by atoms with Gasteiger partial charge in [0.25, 0.3) is 0 Å². The quantitative estimate of drug-likeness (QED) is 0.572. The molecule has 2 nitrogen and oxygen atoms in total. The smallest absolute Gasteiger partial charge is 0.194 e. The lowest BCUT2D eigenvalue weighted by Crippen LogP contribution is -1.85. The number of rotatable bonds is 1. The van der Waals surface area contributed by atoms with Crippen LogP contribution < -0.4 is 0 Å². The van der Waals surface area contributed by atoms with Gasteiger partial charge in [-0.05, 0) is 11.5 Å². The van der Waals surface area contributed by atoms with Gasteiger partial charge >= 0.3 is 0 Å². The van der Waals surface area contributed by atoms with Crippen LogP contribution in [0.25, 0.3) is 21.7 Å². The van der Waals surface area contributed by atoms with Gasteiger partial charge in [-0.2, -0.15) is 0 Å². The van der Waals surface area contributed by atoms with E-state index in [-0.39, 0.29) is 5.78 Å². The highest BCUT2D eigenvalue weighted by Crippen LogP contribution is 2.28. The lowest BCUT2D eigenvalue weighted by atomic mass is 10.1. The van der Waals surface area contributed by atoms with Crippen molar-refractivity contribution >= 4 is 27.5 Å². The number of fused-ring (bicyclic) bond motifs is 3. The molecular weight excluding hydrogens is 200 g/mol. The monoisotopic (exact) mass is 210 g/mol. The number of carbonyl (C=O) groups excluding carboxylic acids is 1. The fraction of sp³-hybridized carbons (Fsp3) is 0.0714. The Morgan fingerprint density at radius 2 is 1.81 bits per heavy atom. The Labute approximate surface area is 92.5 Å². The van der Waals surface area contributed by atoms with E-state index in [1.807, 2.05) is 36.4 Å². The summed E-state index contributed by atoms with van der Waals surface area (Å²) in [6, 6.07) is 13.8. The van der Waals surface area contributed by atoms with E-state index in [0.717, 1.165) is 21.7 Å². The van der Waals surface area contributed by atoms with E-state index in [9.17, 15) is 4.79 Å². The number of benzene rings is 2. The number of Topliss-reactive ketones (excluding diaryl/α,β-unsaturated/α-hetero) is 1. The van der Waals surface area contributed by atoms with Crippen molar-refractivity contribution in [2.45, 2.75) is 6.92 Å². The number of furan rings is 1. The van der Waals surface area contributed by atoms with E-state index in [1.165, 1.54) is 6.92 Å². The van der Waals surface area contributed by atoms with E-state index < -0.39 is 0 Å². The molecule has 0 bridgehead atoms. The summed E-state index contributed by atoms with van der Waals surface area (Å²) in [5.41, 5.74) is 0.795. The normalized spacial score (nSPS) is 11.1. The summed E-state index contributed by atoms with van der Waals surface area (Å²) in [6.45, 7) is 1.51. The first-order chi connectivity index (χ1) is 7.75. The summed E-state index contributed by atoms with van der Waals surface area (Å²) in [5, 5.41) is 3.15. The standard InChI is InChI=1S/C14H10O2/c1-9(15)13-8-11-7-6-10-4-2-3-5-12(10)14(11)16-13/h2-8H,1H3. The van der Waals surface area contributed by atoms with Gasteiger partial charge in [-0.25, -0.2) is 0 Å². The third-order valence-corrected chi connectivity index (χ3v) is 2.76. The van der Waals surface area contributed by atoms with Gasteiger partial charge in [0.1, 0.15) is 5.58 Å². The topological polar surface area (TPSA) is 30.2 Å². The molecule has 0 spiro atoms. The molecule has 2 heteroatoms. The van der Waals surface area contributed by atoms with Gasteiger partial charge in [0.2, 0.25) is 0 Å². The maximum atomic E-state index is 11.3. The predicted molar refractivity (Wildman–Crippen MR) is 63.7 cm³/mol. The zero-order valence-electron chi connectivity index (χ0n) is 8.86. The Morgan fingerprint density at radius 3 is 2.62 bits per heavy atom. The highest BCUT2D eigenvalue weighted by molar-refractivity contribution is 6.06. The molecule has 0 aliphatic rings. The Bertz CT molecular complexity index is 692. The second kappa shape index (κ2) is 3.20. The van der Waals surface area contributed by atoms with Crippen molar-refractivity contribution in [3.63, 3.8) is 0 Å². The van der Waals surface area contributed by atoms with Crippen molar-refractivity contribution in [1.82, 2.24) is 0 Å². The minimum atomic E-state index is -0.0414. The molecule has 1 heterocycles. The third kappa shape index (κ3) is 1.23. The van der Waals surface area contributed by atoms with Crippen LogP contribution in [-0.4, -0.2) is 5.78 Å². The molecule has 3 rings (SSSR count).